The lowest BCUT2D eigenvalue weighted by molar-refractivity contribution is 0.102. The van der Waals surface area contributed by atoms with Crippen molar-refractivity contribution in [2.45, 2.75) is 24.2 Å². The van der Waals surface area contributed by atoms with Crippen molar-refractivity contribution in [3.8, 4) is 11.5 Å². The van der Waals surface area contributed by atoms with Crippen LogP contribution in [0.4, 0.5) is 17.2 Å². The summed E-state index contributed by atoms with van der Waals surface area (Å²) in [7, 11) is -3.90. The first-order valence-corrected chi connectivity index (χ1v) is 13.0. The van der Waals surface area contributed by atoms with Crippen molar-refractivity contribution >= 4 is 33.1 Å². The van der Waals surface area contributed by atoms with Crippen LogP contribution in [0.25, 0.3) is 0 Å². The summed E-state index contributed by atoms with van der Waals surface area (Å²) in [6.07, 6.45) is 5.21. The van der Waals surface area contributed by atoms with Gasteiger partial charge in [-0.05, 0) is 61.7 Å². The van der Waals surface area contributed by atoms with Crippen LogP contribution in [-0.2, 0) is 10.0 Å². The zero-order valence-electron chi connectivity index (χ0n) is 19.1. The molecule has 1 amide bonds. The van der Waals surface area contributed by atoms with Crippen LogP contribution in [0, 0.1) is 0 Å². The van der Waals surface area contributed by atoms with E-state index in [1.165, 1.54) is 24.6 Å². The van der Waals surface area contributed by atoms with Crippen molar-refractivity contribution in [2.24, 2.45) is 0 Å². The monoisotopic (exact) mass is 494 g/mol. The highest BCUT2D eigenvalue weighted by Gasteiger charge is 2.20. The fraction of sp³-hybridized carbons (Fsp3) is 0.280. The topological polar surface area (TPSA) is 110 Å². The minimum absolute atomic E-state index is 0.0384. The zero-order chi connectivity index (χ0) is 24.3. The summed E-state index contributed by atoms with van der Waals surface area (Å²) in [5.74, 6) is 1.43. The Morgan fingerprint density at radius 1 is 0.886 bits per heavy atom. The molecule has 1 fully saturated rings. The third kappa shape index (κ3) is 5.32. The number of nitrogens with zero attached hydrogens (tertiary/aromatic N) is 2. The number of hydrogen-bond donors (Lipinski definition) is 2. The maximum atomic E-state index is 12.9. The Bertz CT molecular complexity index is 1320. The molecule has 3 aromatic rings. The molecule has 0 spiro atoms. The standard InChI is InChI=1S/C25H26N4O5S/c30-25(27-20-7-10-24(26-17-20)29-11-2-1-3-12-29)18-5-4-6-19(15-18)28-35(31,32)21-8-9-22-23(16-21)34-14-13-33-22/h4-10,15-17,28H,1-3,11-14H2,(H,27,30). The second-order valence-electron chi connectivity index (χ2n) is 8.40. The molecular formula is C25H26N4O5S. The Balaban J connectivity index is 1.26. The van der Waals surface area contributed by atoms with E-state index in [0.29, 0.717) is 36.0 Å². The number of pyridine rings is 1. The first-order chi connectivity index (χ1) is 17.0. The molecule has 2 aliphatic heterocycles. The Labute approximate surface area is 204 Å². The van der Waals surface area contributed by atoms with Gasteiger partial charge in [-0.3, -0.25) is 9.52 Å². The molecule has 2 aromatic carbocycles. The maximum Gasteiger partial charge on any atom is 0.262 e. The minimum atomic E-state index is -3.90. The van der Waals surface area contributed by atoms with Gasteiger partial charge < -0.3 is 19.7 Å². The number of sulfonamides is 1. The number of fused-ring (bicyclic) bond motifs is 1. The number of hydrogen-bond acceptors (Lipinski definition) is 7. The maximum absolute atomic E-state index is 12.9. The Morgan fingerprint density at radius 2 is 1.69 bits per heavy atom. The van der Waals surface area contributed by atoms with Gasteiger partial charge in [-0.25, -0.2) is 13.4 Å². The van der Waals surface area contributed by atoms with Gasteiger partial charge in [0.25, 0.3) is 15.9 Å². The molecule has 9 nitrogen and oxygen atoms in total. The molecule has 5 rings (SSSR count). The number of aromatic nitrogens is 1. The molecule has 0 bridgehead atoms. The predicted molar refractivity (Wildman–Crippen MR) is 133 cm³/mol. The van der Waals surface area contributed by atoms with E-state index in [4.69, 9.17) is 9.47 Å². The molecule has 182 valence electrons. The fourth-order valence-electron chi connectivity index (χ4n) is 4.10. The summed E-state index contributed by atoms with van der Waals surface area (Å²) >= 11 is 0. The summed E-state index contributed by atoms with van der Waals surface area (Å²) in [5.41, 5.74) is 1.15. The molecule has 0 atom stereocenters. The second-order valence-corrected chi connectivity index (χ2v) is 10.1. The number of piperidine rings is 1. The first-order valence-electron chi connectivity index (χ1n) is 11.5. The van der Waals surface area contributed by atoms with Gasteiger partial charge >= 0.3 is 0 Å². The number of nitrogens with one attached hydrogen (secondary N) is 2. The van der Waals surface area contributed by atoms with Crippen LogP contribution in [0.5, 0.6) is 11.5 Å². The largest absolute Gasteiger partial charge is 0.486 e. The Hall–Kier alpha value is -3.79. The van der Waals surface area contributed by atoms with E-state index in [0.717, 1.165) is 31.7 Å². The molecule has 3 heterocycles. The lowest BCUT2D eigenvalue weighted by Gasteiger charge is -2.27. The highest BCUT2D eigenvalue weighted by Crippen LogP contribution is 2.32. The zero-order valence-corrected chi connectivity index (χ0v) is 19.9. The molecule has 0 saturated carbocycles. The van der Waals surface area contributed by atoms with Gasteiger partial charge in [-0.15, -0.1) is 0 Å². The molecule has 0 radical (unpaired) electrons. The molecule has 35 heavy (non-hydrogen) atoms. The smallest absolute Gasteiger partial charge is 0.262 e. The summed E-state index contributed by atoms with van der Waals surface area (Å²) in [4.78, 5) is 19.6. The third-order valence-electron chi connectivity index (χ3n) is 5.89. The van der Waals surface area contributed by atoms with Gasteiger partial charge in [0.1, 0.15) is 19.0 Å². The normalized spacial score (nSPS) is 15.4. The van der Waals surface area contributed by atoms with E-state index in [1.807, 2.05) is 12.1 Å². The van der Waals surface area contributed by atoms with Crippen LogP contribution in [0.3, 0.4) is 0 Å². The fourth-order valence-corrected chi connectivity index (χ4v) is 5.17. The molecule has 10 heteroatoms. The quantitative estimate of drug-likeness (QED) is 0.535. The van der Waals surface area contributed by atoms with Crippen LogP contribution < -0.4 is 24.4 Å². The highest BCUT2D eigenvalue weighted by molar-refractivity contribution is 7.92. The second kappa shape index (κ2) is 9.83. The van der Waals surface area contributed by atoms with E-state index in [-0.39, 0.29) is 16.5 Å². The number of benzene rings is 2. The molecule has 1 aromatic heterocycles. The van der Waals surface area contributed by atoms with E-state index in [2.05, 4.69) is 19.9 Å². The first kappa shape index (κ1) is 23.0. The van der Waals surface area contributed by atoms with Gasteiger partial charge in [-0.2, -0.15) is 0 Å². The summed E-state index contributed by atoms with van der Waals surface area (Å²) < 4.78 is 39.3. The van der Waals surface area contributed by atoms with Gasteiger partial charge in [-0.1, -0.05) is 6.07 Å². The van der Waals surface area contributed by atoms with Gasteiger partial charge in [0.15, 0.2) is 11.5 Å². The number of amides is 1. The van der Waals surface area contributed by atoms with Crippen LogP contribution >= 0.6 is 0 Å². The third-order valence-corrected chi connectivity index (χ3v) is 7.27. The molecule has 2 N–H and O–H groups in total. The van der Waals surface area contributed by atoms with Crippen molar-refractivity contribution in [1.82, 2.24) is 4.98 Å². The lowest BCUT2D eigenvalue weighted by Crippen LogP contribution is -2.30. The number of ether oxygens (including phenoxy) is 2. The Kier molecular flexibility index (Phi) is 6.45. The SMILES string of the molecule is O=C(Nc1ccc(N2CCCCC2)nc1)c1cccc(NS(=O)(=O)c2ccc3c(c2)OCCO3)c1. The number of anilines is 3. The number of carbonyl (C=O) groups excluding carboxylic acids is 1. The van der Waals surface area contributed by atoms with Gasteiger partial charge in [0, 0.05) is 30.4 Å². The molecule has 0 unspecified atom stereocenters. The van der Waals surface area contributed by atoms with Gasteiger partial charge in [0.05, 0.1) is 16.8 Å². The molecular weight excluding hydrogens is 468 g/mol. The molecule has 1 saturated heterocycles. The summed E-state index contributed by atoms with van der Waals surface area (Å²) in [6.45, 7) is 2.77. The van der Waals surface area contributed by atoms with Gasteiger partial charge in [0.2, 0.25) is 0 Å². The Morgan fingerprint density at radius 3 is 2.46 bits per heavy atom. The van der Waals surface area contributed by atoms with Crippen molar-refractivity contribution in [3.63, 3.8) is 0 Å². The minimum Gasteiger partial charge on any atom is -0.486 e. The van der Waals surface area contributed by atoms with E-state index >= 15 is 0 Å². The van der Waals surface area contributed by atoms with E-state index < -0.39 is 10.0 Å². The number of rotatable bonds is 6. The average molecular weight is 495 g/mol. The number of carbonyl (C=O) groups is 1. The van der Waals surface area contributed by atoms with Crippen molar-refractivity contribution in [3.05, 3.63) is 66.4 Å². The van der Waals surface area contributed by atoms with E-state index in [1.54, 1.807) is 30.5 Å². The molecule has 0 aliphatic carbocycles. The van der Waals surface area contributed by atoms with Crippen LogP contribution in [-0.4, -0.2) is 45.6 Å². The summed E-state index contributed by atoms with van der Waals surface area (Å²) in [6, 6.07) is 14.5. The van der Waals surface area contributed by atoms with Crippen molar-refractivity contribution in [1.29, 1.82) is 0 Å². The average Bonchev–Trinajstić information content (AvgIpc) is 2.89. The van der Waals surface area contributed by atoms with Crippen LogP contribution in [0.2, 0.25) is 0 Å². The van der Waals surface area contributed by atoms with Crippen LogP contribution in [0.1, 0.15) is 29.6 Å². The predicted octanol–water partition coefficient (Wildman–Crippen LogP) is 3.90. The van der Waals surface area contributed by atoms with E-state index in [9.17, 15) is 13.2 Å². The summed E-state index contributed by atoms with van der Waals surface area (Å²) in [5, 5.41) is 2.82. The van der Waals surface area contributed by atoms with Crippen molar-refractivity contribution in [2.75, 3.05) is 41.2 Å². The van der Waals surface area contributed by atoms with Crippen LogP contribution in [0.15, 0.2) is 65.7 Å². The molecule has 2 aliphatic rings. The highest BCUT2D eigenvalue weighted by atomic mass is 32.2. The van der Waals surface area contributed by atoms with Crippen molar-refractivity contribution < 1.29 is 22.7 Å². The lowest BCUT2D eigenvalue weighted by atomic mass is 10.1.